The molecule has 1 saturated heterocycles. The van der Waals surface area contributed by atoms with Crippen molar-refractivity contribution >= 4 is 42.6 Å². The monoisotopic (exact) mass is 610 g/mol. The molecule has 3 heterocycles. The van der Waals surface area contributed by atoms with Crippen LogP contribution < -0.4 is 9.62 Å². The van der Waals surface area contributed by atoms with Crippen molar-refractivity contribution < 1.29 is 26.0 Å². The molecule has 0 aliphatic carbocycles. The minimum atomic E-state index is -3.69. The van der Waals surface area contributed by atoms with E-state index in [1.165, 1.54) is 22.7 Å². The van der Waals surface area contributed by atoms with Gasteiger partial charge in [0.1, 0.15) is 17.1 Å². The van der Waals surface area contributed by atoms with E-state index >= 15 is 0 Å². The first kappa shape index (κ1) is 29.7. The lowest BCUT2D eigenvalue weighted by Crippen LogP contribution is -2.40. The van der Waals surface area contributed by atoms with E-state index in [9.17, 15) is 21.6 Å². The third-order valence-electron chi connectivity index (χ3n) is 7.72. The van der Waals surface area contributed by atoms with E-state index in [4.69, 9.17) is 4.42 Å². The summed E-state index contributed by atoms with van der Waals surface area (Å²) in [4.78, 5) is 17.4. The van der Waals surface area contributed by atoms with Gasteiger partial charge in [0.25, 0.3) is 5.91 Å². The van der Waals surface area contributed by atoms with Crippen molar-refractivity contribution in [1.82, 2.24) is 14.6 Å². The third kappa shape index (κ3) is 5.92. The quantitative estimate of drug-likeness (QED) is 0.315. The highest BCUT2D eigenvalue weighted by Crippen LogP contribution is 2.42. The van der Waals surface area contributed by atoms with Crippen LogP contribution in [0.2, 0.25) is 0 Å². The number of nitrogens with zero attached hydrogens (tertiary/aromatic N) is 3. The van der Waals surface area contributed by atoms with Gasteiger partial charge in [-0.1, -0.05) is 35.9 Å². The Morgan fingerprint density at radius 3 is 2.50 bits per heavy atom. The number of piperidine rings is 1. The molecule has 1 amide bonds. The van der Waals surface area contributed by atoms with Crippen molar-refractivity contribution in [3.63, 3.8) is 0 Å². The highest BCUT2D eigenvalue weighted by atomic mass is 32.2. The number of hydrogen-bond donors (Lipinski definition) is 1. The Morgan fingerprint density at radius 1 is 1.12 bits per heavy atom. The average molecular weight is 611 g/mol. The van der Waals surface area contributed by atoms with E-state index in [1.807, 2.05) is 31.2 Å². The maximum atomic E-state index is 13.4. The minimum absolute atomic E-state index is 0.170. The molecule has 10 nitrogen and oxygen atoms in total. The highest BCUT2D eigenvalue weighted by molar-refractivity contribution is 7.92. The van der Waals surface area contributed by atoms with E-state index in [2.05, 4.69) is 10.3 Å². The summed E-state index contributed by atoms with van der Waals surface area (Å²) in [6.07, 6.45) is 3.91. The number of carbonyl (C=O) groups excluding carboxylic acids is 1. The van der Waals surface area contributed by atoms with Crippen LogP contribution in [-0.4, -0.2) is 65.5 Å². The zero-order valence-corrected chi connectivity index (χ0v) is 25.6. The van der Waals surface area contributed by atoms with Crippen LogP contribution in [-0.2, 0) is 25.8 Å². The average Bonchev–Trinajstić information content (AvgIpc) is 3.34. The van der Waals surface area contributed by atoms with Gasteiger partial charge in [-0.2, -0.15) is 0 Å². The number of nitrogens with one attached hydrogen (secondary N) is 1. The fraction of sp³-hybridized carbons (Fsp3) is 0.333. The van der Waals surface area contributed by atoms with E-state index in [0.29, 0.717) is 64.2 Å². The number of pyridine rings is 1. The molecule has 1 N–H and O–H groups in total. The molecule has 0 unspecified atom stereocenters. The molecule has 0 bridgehead atoms. The standard InChI is InChI=1S/C30H34N4O6S2/c1-20-10-12-21(13-11-20)29-28(30(35)31-2)25-16-24(26(17-27(25)40-29)33(3)41(4,36)37)22-8-7-15-34(18-22)42(38,39)19-23-9-5-6-14-32-23/h5-6,9-14,16-17,22H,7-8,15,18-19H2,1-4H3,(H,31,35)/t22-/m1/s1. The molecule has 42 heavy (non-hydrogen) atoms. The van der Waals surface area contributed by atoms with Gasteiger partial charge in [0.15, 0.2) is 0 Å². The molecule has 12 heteroatoms. The molecular formula is C30H34N4O6S2. The van der Waals surface area contributed by atoms with Crippen molar-refractivity contribution in [3.8, 4) is 11.3 Å². The van der Waals surface area contributed by atoms with Gasteiger partial charge in [-0.3, -0.25) is 14.1 Å². The van der Waals surface area contributed by atoms with Gasteiger partial charge in [-0.05, 0) is 49.4 Å². The van der Waals surface area contributed by atoms with Crippen LogP contribution in [0.1, 0.15) is 45.9 Å². The lowest BCUT2D eigenvalue weighted by molar-refractivity contribution is 0.0964. The number of furan rings is 1. The second-order valence-corrected chi connectivity index (χ2v) is 14.6. The number of amides is 1. The summed E-state index contributed by atoms with van der Waals surface area (Å²) in [5, 5.41) is 3.22. The summed E-state index contributed by atoms with van der Waals surface area (Å²) in [6, 6.07) is 16.2. The fourth-order valence-electron chi connectivity index (χ4n) is 5.40. The Labute approximate surface area is 246 Å². The molecule has 0 saturated carbocycles. The number of rotatable bonds is 8. The number of benzene rings is 2. The number of anilines is 1. The van der Waals surface area contributed by atoms with E-state index < -0.39 is 20.0 Å². The lowest BCUT2D eigenvalue weighted by Gasteiger charge is -2.34. The SMILES string of the molecule is CNC(=O)c1c(-c2ccc(C)cc2)oc2cc(N(C)S(C)(=O)=O)c([C@@H]3CCCN(S(=O)(=O)Cc4ccccn4)C3)cc12. The van der Waals surface area contributed by atoms with Crippen LogP contribution in [0, 0.1) is 6.92 Å². The van der Waals surface area contributed by atoms with Gasteiger partial charge >= 0.3 is 0 Å². The van der Waals surface area contributed by atoms with E-state index in [1.54, 1.807) is 36.5 Å². The number of carbonyl (C=O) groups is 1. The van der Waals surface area contributed by atoms with Crippen LogP contribution in [0.15, 0.2) is 65.2 Å². The Morgan fingerprint density at radius 2 is 1.86 bits per heavy atom. The second-order valence-electron chi connectivity index (χ2n) is 10.7. The van der Waals surface area contributed by atoms with Crippen LogP contribution >= 0.6 is 0 Å². The van der Waals surface area contributed by atoms with E-state index in [0.717, 1.165) is 11.8 Å². The fourth-order valence-corrected chi connectivity index (χ4v) is 7.45. The van der Waals surface area contributed by atoms with Crippen LogP contribution in [0.3, 0.4) is 0 Å². The van der Waals surface area contributed by atoms with Gasteiger partial charge in [0.2, 0.25) is 20.0 Å². The minimum Gasteiger partial charge on any atom is -0.455 e. The number of fused-ring (bicyclic) bond motifs is 1. The van der Waals surface area contributed by atoms with E-state index in [-0.39, 0.29) is 24.1 Å². The molecule has 1 fully saturated rings. The first-order chi connectivity index (χ1) is 19.9. The highest BCUT2D eigenvalue weighted by Gasteiger charge is 2.34. The summed E-state index contributed by atoms with van der Waals surface area (Å²) >= 11 is 0. The van der Waals surface area contributed by atoms with Crippen LogP contribution in [0.25, 0.3) is 22.3 Å². The Kier molecular flexibility index (Phi) is 8.15. The molecule has 1 aliphatic rings. The van der Waals surface area contributed by atoms with Crippen molar-refractivity contribution in [2.24, 2.45) is 0 Å². The molecular weight excluding hydrogens is 576 g/mol. The Hall–Kier alpha value is -3.74. The molecule has 2 aromatic carbocycles. The van der Waals surface area contributed by atoms with Crippen molar-refractivity contribution in [2.45, 2.75) is 31.4 Å². The van der Waals surface area contributed by atoms with Crippen LogP contribution in [0.5, 0.6) is 0 Å². The molecule has 222 valence electrons. The molecule has 0 spiro atoms. The molecule has 5 rings (SSSR count). The first-order valence-electron chi connectivity index (χ1n) is 13.6. The second kappa shape index (κ2) is 11.5. The van der Waals surface area contributed by atoms with Gasteiger partial charge in [0.05, 0.1) is 23.2 Å². The van der Waals surface area contributed by atoms with Crippen molar-refractivity contribution in [2.75, 3.05) is 37.7 Å². The predicted molar refractivity (Wildman–Crippen MR) is 163 cm³/mol. The molecule has 4 aromatic rings. The van der Waals surface area contributed by atoms with Gasteiger partial charge in [-0.25, -0.2) is 21.1 Å². The topological polar surface area (TPSA) is 130 Å². The number of sulfonamides is 2. The number of aryl methyl sites for hydroxylation is 1. The summed E-state index contributed by atoms with van der Waals surface area (Å²) < 4.78 is 61.1. The summed E-state index contributed by atoms with van der Waals surface area (Å²) in [6.45, 7) is 2.49. The summed E-state index contributed by atoms with van der Waals surface area (Å²) in [7, 11) is -4.36. The smallest absolute Gasteiger partial charge is 0.255 e. The zero-order valence-electron chi connectivity index (χ0n) is 24.0. The Bertz CT molecular complexity index is 1840. The molecule has 1 aliphatic heterocycles. The summed E-state index contributed by atoms with van der Waals surface area (Å²) in [5.41, 5.74) is 3.92. The third-order valence-corrected chi connectivity index (χ3v) is 10.7. The van der Waals surface area contributed by atoms with Crippen molar-refractivity contribution in [1.29, 1.82) is 0 Å². The van der Waals surface area contributed by atoms with Gasteiger partial charge in [0, 0.05) is 50.4 Å². The lowest BCUT2D eigenvalue weighted by atomic mass is 9.89. The van der Waals surface area contributed by atoms with Gasteiger partial charge in [-0.15, -0.1) is 0 Å². The number of hydrogen-bond acceptors (Lipinski definition) is 7. The first-order valence-corrected chi connectivity index (χ1v) is 17.1. The largest absolute Gasteiger partial charge is 0.455 e. The molecule has 2 aromatic heterocycles. The Balaban J connectivity index is 1.64. The van der Waals surface area contributed by atoms with Crippen molar-refractivity contribution in [3.05, 3.63) is 83.2 Å². The van der Waals surface area contributed by atoms with Crippen LogP contribution in [0.4, 0.5) is 5.69 Å². The summed E-state index contributed by atoms with van der Waals surface area (Å²) in [5.74, 6) is -0.519. The maximum absolute atomic E-state index is 13.4. The molecule has 1 atom stereocenters. The predicted octanol–water partition coefficient (Wildman–Crippen LogP) is 4.27. The zero-order chi connectivity index (χ0) is 30.2. The van der Waals surface area contributed by atoms with Gasteiger partial charge < -0.3 is 9.73 Å². The number of aromatic nitrogens is 1. The maximum Gasteiger partial charge on any atom is 0.255 e. The normalized spacial score (nSPS) is 16.4. The molecule has 0 radical (unpaired) electrons.